The van der Waals surface area contributed by atoms with Crippen molar-refractivity contribution in [3.63, 3.8) is 0 Å². The van der Waals surface area contributed by atoms with Crippen LogP contribution in [0.25, 0.3) is 0 Å². The third kappa shape index (κ3) is 13.6. The van der Waals surface area contributed by atoms with Crippen molar-refractivity contribution in [2.45, 2.75) is 104 Å². The minimum Gasteiger partial charge on any atom is -0.481 e. The Kier molecular flexibility index (Phi) is 17.5. The highest BCUT2D eigenvalue weighted by Gasteiger charge is 2.37. The molecule has 13 heteroatoms. The van der Waals surface area contributed by atoms with Gasteiger partial charge in [0.15, 0.2) is 6.10 Å². The van der Waals surface area contributed by atoms with Crippen LogP contribution >= 0.6 is 11.3 Å². The topological polar surface area (TPSA) is 158 Å². The number of carbonyl (C=O) groups is 5. The Labute approximate surface area is 330 Å². The van der Waals surface area contributed by atoms with Gasteiger partial charge in [0, 0.05) is 37.9 Å². The number of hydrogen-bond acceptors (Lipinski definition) is 9. The SMILES string of the molecule is CC[C@H](C)[C@H](NC(=O)[C@@H](Cc1ccccc1)N(C)C)C(=O)N(C)[C@H](C[C@@H](OC(C)=O)c1nc(C(=O)N[C@@H](Cc2ccccc2)C[C@H](C)C(=O)O)cs1)C(C)C. The van der Waals surface area contributed by atoms with Crippen molar-refractivity contribution in [2.24, 2.45) is 17.8 Å². The molecule has 12 nitrogen and oxygen atoms in total. The van der Waals surface area contributed by atoms with E-state index in [0.717, 1.165) is 11.1 Å². The lowest BCUT2D eigenvalue weighted by molar-refractivity contribution is -0.149. The molecule has 3 amide bonds. The Balaban J connectivity index is 1.83. The van der Waals surface area contributed by atoms with Gasteiger partial charge in [-0.3, -0.25) is 28.9 Å². The molecular formula is C42H59N5O7S. The number of benzene rings is 2. The van der Waals surface area contributed by atoms with E-state index in [1.54, 1.807) is 24.3 Å². The van der Waals surface area contributed by atoms with Crippen molar-refractivity contribution in [2.75, 3.05) is 21.1 Å². The zero-order valence-electron chi connectivity index (χ0n) is 33.7. The summed E-state index contributed by atoms with van der Waals surface area (Å²) in [6, 6.07) is 17.1. The number of carboxylic acids is 1. The molecule has 300 valence electrons. The zero-order valence-corrected chi connectivity index (χ0v) is 34.5. The smallest absolute Gasteiger partial charge is 0.306 e. The highest BCUT2D eigenvalue weighted by molar-refractivity contribution is 7.09. The van der Waals surface area contributed by atoms with Crippen LogP contribution in [0.5, 0.6) is 0 Å². The van der Waals surface area contributed by atoms with E-state index in [9.17, 15) is 29.1 Å². The molecule has 7 atom stereocenters. The molecule has 1 aromatic heterocycles. The van der Waals surface area contributed by atoms with Gasteiger partial charge in [-0.05, 0) is 56.3 Å². The van der Waals surface area contributed by atoms with Crippen molar-refractivity contribution in [1.82, 2.24) is 25.4 Å². The molecule has 0 unspecified atom stereocenters. The third-order valence-corrected chi connectivity index (χ3v) is 11.0. The minimum atomic E-state index is -0.950. The summed E-state index contributed by atoms with van der Waals surface area (Å²) in [7, 11) is 5.40. The van der Waals surface area contributed by atoms with Gasteiger partial charge in [0.1, 0.15) is 16.7 Å². The lowest BCUT2D eigenvalue weighted by Gasteiger charge is -2.37. The molecular weight excluding hydrogens is 719 g/mol. The summed E-state index contributed by atoms with van der Waals surface area (Å²) < 4.78 is 5.79. The Bertz CT molecular complexity index is 1700. The highest BCUT2D eigenvalue weighted by atomic mass is 32.1. The average molecular weight is 778 g/mol. The predicted molar refractivity (Wildman–Crippen MR) is 214 cm³/mol. The number of amides is 3. The van der Waals surface area contributed by atoms with Crippen LogP contribution in [0.3, 0.4) is 0 Å². The number of nitrogens with one attached hydrogen (secondary N) is 2. The molecule has 0 spiro atoms. The van der Waals surface area contributed by atoms with Crippen LogP contribution in [-0.2, 0) is 36.8 Å². The molecule has 3 rings (SSSR count). The molecule has 1 heterocycles. The van der Waals surface area contributed by atoms with Crippen LogP contribution in [0.15, 0.2) is 66.0 Å². The lowest BCUT2D eigenvalue weighted by atomic mass is 9.92. The molecule has 0 aliphatic carbocycles. The van der Waals surface area contributed by atoms with E-state index in [1.165, 1.54) is 18.3 Å². The van der Waals surface area contributed by atoms with Crippen molar-refractivity contribution >= 4 is 41.0 Å². The first kappa shape index (κ1) is 44.8. The Morgan fingerprint density at radius 1 is 0.855 bits per heavy atom. The largest absolute Gasteiger partial charge is 0.481 e. The number of nitrogens with zero attached hydrogens (tertiary/aromatic N) is 3. The van der Waals surface area contributed by atoms with E-state index in [4.69, 9.17) is 4.74 Å². The van der Waals surface area contributed by atoms with Gasteiger partial charge >= 0.3 is 11.9 Å². The molecule has 2 aromatic carbocycles. The summed E-state index contributed by atoms with van der Waals surface area (Å²) in [4.78, 5) is 73.8. The number of carbonyl (C=O) groups excluding carboxylic acids is 4. The Morgan fingerprint density at radius 3 is 1.95 bits per heavy atom. The summed E-state index contributed by atoms with van der Waals surface area (Å²) >= 11 is 1.17. The number of ether oxygens (including phenoxy) is 1. The Morgan fingerprint density at radius 2 is 1.44 bits per heavy atom. The molecule has 0 aliphatic rings. The van der Waals surface area contributed by atoms with Crippen LogP contribution in [0.1, 0.15) is 93.5 Å². The maximum Gasteiger partial charge on any atom is 0.306 e. The fraction of sp³-hybridized carbons (Fsp3) is 0.524. The number of aliphatic carboxylic acids is 1. The predicted octanol–water partition coefficient (Wildman–Crippen LogP) is 5.78. The number of aromatic nitrogens is 1. The fourth-order valence-electron chi connectivity index (χ4n) is 6.58. The van der Waals surface area contributed by atoms with E-state index in [2.05, 4.69) is 15.6 Å². The number of carboxylic acid groups (broad SMARTS) is 1. The first-order valence-corrected chi connectivity index (χ1v) is 19.9. The van der Waals surface area contributed by atoms with Crippen LogP contribution in [0.4, 0.5) is 0 Å². The van der Waals surface area contributed by atoms with E-state index < -0.39 is 54.0 Å². The normalized spacial score (nSPS) is 15.3. The number of rotatable bonds is 21. The number of likely N-dealkylation sites (N-methyl/N-ethyl adjacent to an activating group) is 2. The zero-order chi connectivity index (χ0) is 40.8. The summed E-state index contributed by atoms with van der Waals surface area (Å²) in [6.07, 6.45) is 1.15. The lowest BCUT2D eigenvalue weighted by Crippen LogP contribution is -2.57. The van der Waals surface area contributed by atoms with Gasteiger partial charge < -0.3 is 25.4 Å². The van der Waals surface area contributed by atoms with Gasteiger partial charge in [-0.1, -0.05) is 102 Å². The standard InChI is InChI=1S/C42H59N5O7S/c1-10-27(4)37(45-39(50)35(46(7)8)23-31-19-15-12-16-20-31)41(51)47(9)34(26(2)3)24-36(54-29(6)48)40-44-33(25-55-40)38(49)43-32(21-28(5)42(52)53)22-30-17-13-11-14-18-30/h11-20,25-28,32,34-37H,10,21-24H2,1-9H3,(H,43,49)(H,45,50)(H,52,53)/t27-,28-,32+,34+,35+,36+,37-/m0/s1. The van der Waals surface area contributed by atoms with Gasteiger partial charge in [0.25, 0.3) is 5.91 Å². The number of esters is 1. The maximum absolute atomic E-state index is 14.3. The second-order valence-corrected chi connectivity index (χ2v) is 15.9. The molecule has 3 N–H and O–H groups in total. The Hall–Kier alpha value is -4.62. The van der Waals surface area contributed by atoms with E-state index >= 15 is 0 Å². The monoisotopic (exact) mass is 777 g/mol. The van der Waals surface area contributed by atoms with Gasteiger partial charge in [-0.15, -0.1) is 11.3 Å². The van der Waals surface area contributed by atoms with Crippen molar-refractivity contribution < 1.29 is 33.8 Å². The summed E-state index contributed by atoms with van der Waals surface area (Å²) in [5, 5.41) is 17.6. The number of thiazole rings is 1. The van der Waals surface area contributed by atoms with Gasteiger partial charge in [-0.25, -0.2) is 4.98 Å². The molecule has 0 radical (unpaired) electrons. The second-order valence-electron chi connectivity index (χ2n) is 15.0. The maximum atomic E-state index is 14.3. The molecule has 55 heavy (non-hydrogen) atoms. The van der Waals surface area contributed by atoms with Crippen LogP contribution < -0.4 is 10.6 Å². The summed E-state index contributed by atoms with van der Waals surface area (Å²) in [5.41, 5.74) is 2.09. The van der Waals surface area contributed by atoms with Gasteiger partial charge in [0.2, 0.25) is 11.8 Å². The molecule has 0 fully saturated rings. The van der Waals surface area contributed by atoms with Crippen LogP contribution in [-0.4, -0.2) is 94.9 Å². The highest BCUT2D eigenvalue weighted by Crippen LogP contribution is 2.31. The number of hydrogen-bond donors (Lipinski definition) is 3. The molecule has 0 bridgehead atoms. The van der Waals surface area contributed by atoms with Crippen molar-refractivity contribution in [1.29, 1.82) is 0 Å². The van der Waals surface area contributed by atoms with Crippen molar-refractivity contribution in [3.05, 3.63) is 87.9 Å². The van der Waals surface area contributed by atoms with Crippen LogP contribution in [0, 0.1) is 17.8 Å². The van der Waals surface area contributed by atoms with E-state index in [0.29, 0.717) is 24.3 Å². The quantitative estimate of drug-likeness (QED) is 0.114. The molecule has 3 aromatic rings. The molecule has 0 saturated heterocycles. The first-order valence-electron chi connectivity index (χ1n) is 19.0. The fourth-order valence-corrected chi connectivity index (χ4v) is 7.42. The molecule has 0 aliphatic heterocycles. The minimum absolute atomic E-state index is 0.0782. The van der Waals surface area contributed by atoms with E-state index in [1.807, 2.05) is 107 Å². The summed E-state index contributed by atoms with van der Waals surface area (Å²) in [6.45, 7) is 10.8. The van der Waals surface area contributed by atoms with Gasteiger partial charge in [0.05, 0.1) is 12.0 Å². The second kappa shape index (κ2) is 21.5. The van der Waals surface area contributed by atoms with Crippen LogP contribution in [0.2, 0.25) is 0 Å². The third-order valence-electron chi connectivity index (χ3n) is 10.1. The first-order chi connectivity index (χ1) is 26.0. The molecule has 0 saturated carbocycles. The van der Waals surface area contributed by atoms with E-state index in [-0.39, 0.29) is 42.2 Å². The van der Waals surface area contributed by atoms with Crippen molar-refractivity contribution in [3.8, 4) is 0 Å². The average Bonchev–Trinajstić information content (AvgIpc) is 3.64. The van der Waals surface area contributed by atoms with Gasteiger partial charge in [-0.2, -0.15) is 0 Å². The summed E-state index contributed by atoms with van der Waals surface area (Å²) in [5.74, 6) is -3.37.